The van der Waals surface area contributed by atoms with Gasteiger partial charge >= 0.3 is 6.01 Å². The first kappa shape index (κ1) is 30.9. The minimum absolute atomic E-state index is 0.0161. The molecule has 2 aliphatic rings. The number of aromatic nitrogens is 4. The standard InChI is InChI=1S/C34H38FN9O2/c1-4-31(45)43-18-20-44(21-19-43)32-28(25-6-11-30(29(35)22-25)46-34-36-13-12-24(3)38-34)23-37-33(40-32)39-26-7-9-27(10-8-26)42-16-14-41(5-2)15-17-42/h4,6-13,22-23H,1,5,14-21H2,2-3H3,(H,37,39,40). The number of amides is 1. The van der Waals surface area contributed by atoms with Crippen LogP contribution in [0.3, 0.4) is 0 Å². The van der Waals surface area contributed by atoms with Gasteiger partial charge in [0.15, 0.2) is 11.6 Å². The Morgan fingerprint density at radius 2 is 1.70 bits per heavy atom. The molecule has 0 spiro atoms. The number of carbonyl (C=O) groups is 1. The lowest BCUT2D eigenvalue weighted by Crippen LogP contribution is -2.48. The number of nitrogens with zero attached hydrogens (tertiary/aromatic N) is 8. The Morgan fingerprint density at radius 1 is 0.957 bits per heavy atom. The number of ether oxygens (including phenoxy) is 1. The largest absolute Gasteiger partial charge is 0.421 e. The van der Waals surface area contributed by atoms with E-state index in [4.69, 9.17) is 9.72 Å². The summed E-state index contributed by atoms with van der Waals surface area (Å²) in [4.78, 5) is 38.7. The number of piperazine rings is 2. The number of rotatable bonds is 9. The molecule has 2 aromatic heterocycles. The van der Waals surface area contributed by atoms with Crippen molar-refractivity contribution in [2.45, 2.75) is 13.8 Å². The molecule has 0 bridgehead atoms. The molecule has 0 aliphatic carbocycles. The van der Waals surface area contributed by atoms with Crippen LogP contribution in [0.25, 0.3) is 11.1 Å². The normalized spacial score (nSPS) is 15.5. The van der Waals surface area contributed by atoms with Crippen LogP contribution in [0, 0.1) is 12.7 Å². The first-order valence-corrected chi connectivity index (χ1v) is 15.6. The van der Waals surface area contributed by atoms with E-state index in [1.165, 1.54) is 17.8 Å². The Hall–Kier alpha value is -5.10. The molecule has 2 aromatic carbocycles. The summed E-state index contributed by atoms with van der Waals surface area (Å²) in [6.07, 6.45) is 4.60. The SMILES string of the molecule is C=CC(=O)N1CCN(c2nc(Nc3ccc(N4CCN(CC)CC4)cc3)ncc2-c2ccc(Oc3nccc(C)n3)c(F)c2)CC1. The van der Waals surface area contributed by atoms with E-state index in [2.05, 4.69) is 60.6 Å². The van der Waals surface area contributed by atoms with Crippen LogP contribution in [0.5, 0.6) is 11.8 Å². The molecule has 0 saturated carbocycles. The maximum absolute atomic E-state index is 15.3. The van der Waals surface area contributed by atoms with E-state index in [0.29, 0.717) is 54.8 Å². The van der Waals surface area contributed by atoms with Crippen LogP contribution >= 0.6 is 0 Å². The van der Waals surface area contributed by atoms with Crippen LogP contribution in [0.2, 0.25) is 0 Å². The Labute approximate surface area is 268 Å². The number of aryl methyl sites for hydroxylation is 1. The average molecular weight is 624 g/mol. The van der Waals surface area contributed by atoms with Gasteiger partial charge in [0.2, 0.25) is 11.9 Å². The molecule has 12 heteroatoms. The van der Waals surface area contributed by atoms with Crippen molar-refractivity contribution in [2.24, 2.45) is 0 Å². The lowest BCUT2D eigenvalue weighted by Gasteiger charge is -2.36. The number of carbonyl (C=O) groups excluding carboxylic acids is 1. The number of hydrogen-bond donors (Lipinski definition) is 1. The summed E-state index contributed by atoms with van der Waals surface area (Å²) in [7, 11) is 0. The highest BCUT2D eigenvalue weighted by Gasteiger charge is 2.24. The molecule has 2 aliphatic heterocycles. The molecule has 0 atom stereocenters. The van der Waals surface area contributed by atoms with Gasteiger partial charge in [0.1, 0.15) is 5.82 Å². The highest BCUT2D eigenvalue weighted by Crippen LogP contribution is 2.34. The van der Waals surface area contributed by atoms with Gasteiger partial charge in [0, 0.05) is 87.4 Å². The van der Waals surface area contributed by atoms with E-state index in [1.807, 2.05) is 19.1 Å². The van der Waals surface area contributed by atoms with E-state index in [-0.39, 0.29) is 17.7 Å². The molecule has 6 rings (SSSR count). The number of benzene rings is 2. The number of anilines is 4. The van der Waals surface area contributed by atoms with Gasteiger partial charge in [-0.1, -0.05) is 19.6 Å². The van der Waals surface area contributed by atoms with Crippen LogP contribution < -0.4 is 19.9 Å². The van der Waals surface area contributed by atoms with Crippen molar-refractivity contribution in [3.05, 3.63) is 85.1 Å². The second-order valence-electron chi connectivity index (χ2n) is 11.3. The fraction of sp³-hybridized carbons (Fsp3) is 0.324. The van der Waals surface area contributed by atoms with Gasteiger partial charge in [-0.3, -0.25) is 4.79 Å². The predicted octanol–water partition coefficient (Wildman–Crippen LogP) is 4.89. The van der Waals surface area contributed by atoms with Crippen molar-refractivity contribution in [1.82, 2.24) is 29.7 Å². The minimum atomic E-state index is -0.562. The third-order valence-electron chi connectivity index (χ3n) is 8.36. The highest BCUT2D eigenvalue weighted by molar-refractivity contribution is 5.87. The summed E-state index contributed by atoms with van der Waals surface area (Å²) < 4.78 is 21.0. The number of nitrogens with one attached hydrogen (secondary N) is 1. The number of hydrogen-bond acceptors (Lipinski definition) is 10. The topological polar surface area (TPSA) is 103 Å². The summed E-state index contributed by atoms with van der Waals surface area (Å²) in [5.41, 5.74) is 4.02. The Bertz CT molecular complexity index is 1680. The molecule has 0 radical (unpaired) electrons. The van der Waals surface area contributed by atoms with Crippen molar-refractivity contribution < 1.29 is 13.9 Å². The monoisotopic (exact) mass is 623 g/mol. The zero-order valence-electron chi connectivity index (χ0n) is 26.2. The molecule has 4 heterocycles. The fourth-order valence-corrected chi connectivity index (χ4v) is 5.68. The molecule has 2 saturated heterocycles. The fourth-order valence-electron chi connectivity index (χ4n) is 5.68. The molecule has 4 aromatic rings. The third-order valence-corrected chi connectivity index (χ3v) is 8.36. The first-order valence-electron chi connectivity index (χ1n) is 15.6. The molecule has 46 heavy (non-hydrogen) atoms. The second-order valence-corrected chi connectivity index (χ2v) is 11.3. The van der Waals surface area contributed by atoms with Crippen molar-refractivity contribution in [1.29, 1.82) is 0 Å². The van der Waals surface area contributed by atoms with Gasteiger partial charge in [0.05, 0.1) is 0 Å². The van der Waals surface area contributed by atoms with Crippen molar-refractivity contribution in [3.63, 3.8) is 0 Å². The average Bonchev–Trinajstić information content (AvgIpc) is 3.09. The number of likely N-dealkylation sites (N-methyl/N-ethyl adjacent to an activating group) is 1. The van der Waals surface area contributed by atoms with Gasteiger partial charge in [-0.2, -0.15) is 4.98 Å². The van der Waals surface area contributed by atoms with E-state index in [9.17, 15) is 4.79 Å². The quantitative estimate of drug-likeness (QED) is 0.259. The zero-order valence-corrected chi connectivity index (χ0v) is 26.2. The second kappa shape index (κ2) is 13.9. The van der Waals surface area contributed by atoms with E-state index < -0.39 is 5.82 Å². The van der Waals surface area contributed by atoms with Gasteiger partial charge < -0.3 is 29.7 Å². The predicted molar refractivity (Wildman–Crippen MR) is 177 cm³/mol. The lowest BCUT2D eigenvalue weighted by molar-refractivity contribution is -0.126. The van der Waals surface area contributed by atoms with Crippen LogP contribution in [-0.2, 0) is 4.79 Å². The van der Waals surface area contributed by atoms with Crippen LogP contribution in [-0.4, -0.2) is 94.5 Å². The van der Waals surface area contributed by atoms with Gasteiger partial charge in [-0.05, 0) is 67.6 Å². The summed E-state index contributed by atoms with van der Waals surface area (Å²) in [5.74, 6) is 0.417. The zero-order chi connectivity index (χ0) is 32.0. The van der Waals surface area contributed by atoms with Crippen LogP contribution in [0.4, 0.5) is 27.5 Å². The lowest BCUT2D eigenvalue weighted by atomic mass is 10.1. The summed E-state index contributed by atoms with van der Waals surface area (Å²) in [5, 5.41) is 3.34. The van der Waals surface area contributed by atoms with Crippen molar-refractivity contribution in [3.8, 4) is 22.9 Å². The summed E-state index contributed by atoms with van der Waals surface area (Å²) in [6, 6.07) is 14.8. The minimum Gasteiger partial charge on any atom is -0.421 e. The Balaban J connectivity index is 1.24. The van der Waals surface area contributed by atoms with E-state index in [0.717, 1.165) is 38.4 Å². The van der Waals surface area contributed by atoms with Gasteiger partial charge in [0.25, 0.3) is 0 Å². The van der Waals surface area contributed by atoms with Gasteiger partial charge in [-0.25, -0.2) is 19.3 Å². The van der Waals surface area contributed by atoms with E-state index in [1.54, 1.807) is 35.5 Å². The van der Waals surface area contributed by atoms with Crippen LogP contribution in [0.1, 0.15) is 12.6 Å². The molecular weight excluding hydrogens is 585 g/mol. The molecule has 1 N–H and O–H groups in total. The van der Waals surface area contributed by atoms with Crippen molar-refractivity contribution in [2.75, 3.05) is 74.0 Å². The Morgan fingerprint density at radius 3 is 2.37 bits per heavy atom. The molecule has 238 valence electrons. The van der Waals surface area contributed by atoms with E-state index >= 15 is 4.39 Å². The first-order chi connectivity index (χ1) is 22.4. The molecular formula is C34H38FN9O2. The van der Waals surface area contributed by atoms with Crippen molar-refractivity contribution >= 4 is 29.0 Å². The maximum atomic E-state index is 15.3. The molecule has 11 nitrogen and oxygen atoms in total. The molecule has 0 unspecified atom stereocenters. The highest BCUT2D eigenvalue weighted by atomic mass is 19.1. The molecule has 2 fully saturated rings. The summed E-state index contributed by atoms with van der Waals surface area (Å²) in [6.45, 7) is 15.0. The third kappa shape index (κ3) is 7.07. The maximum Gasteiger partial charge on any atom is 0.322 e. The number of halogens is 1. The Kier molecular flexibility index (Phi) is 9.34. The van der Waals surface area contributed by atoms with Gasteiger partial charge in [-0.15, -0.1) is 0 Å². The van der Waals surface area contributed by atoms with Crippen LogP contribution in [0.15, 0.2) is 73.6 Å². The smallest absolute Gasteiger partial charge is 0.322 e. The summed E-state index contributed by atoms with van der Waals surface area (Å²) >= 11 is 0. The molecule has 1 amide bonds.